The number of allylic oxidation sites excluding steroid dienone is 1. The van der Waals surface area contributed by atoms with E-state index in [4.69, 9.17) is 4.74 Å². The van der Waals surface area contributed by atoms with Crippen molar-refractivity contribution in [2.45, 2.75) is 39.0 Å². The maximum atomic E-state index is 11.5. The van der Waals surface area contributed by atoms with E-state index in [0.29, 0.717) is 13.0 Å². The van der Waals surface area contributed by atoms with Crippen LogP contribution < -0.4 is 10.1 Å². The second-order valence-corrected chi connectivity index (χ2v) is 5.46. The Morgan fingerprint density at radius 3 is 3.10 bits per heavy atom. The zero-order chi connectivity index (χ0) is 13.9. The van der Waals surface area contributed by atoms with Crippen molar-refractivity contribution in [3.63, 3.8) is 0 Å². The van der Waals surface area contributed by atoms with E-state index in [1.165, 1.54) is 22.3 Å². The largest absolute Gasteiger partial charge is 0.493 e. The molecule has 3 rings (SSSR count). The Balaban J connectivity index is 1.76. The van der Waals surface area contributed by atoms with E-state index in [-0.39, 0.29) is 5.91 Å². The van der Waals surface area contributed by atoms with Crippen molar-refractivity contribution in [1.29, 1.82) is 0 Å². The van der Waals surface area contributed by atoms with Crippen molar-refractivity contribution in [2.24, 2.45) is 0 Å². The number of hydrogen-bond acceptors (Lipinski definition) is 2. The summed E-state index contributed by atoms with van der Waals surface area (Å²) in [5.41, 5.74) is 5.57. The minimum absolute atomic E-state index is 0.143. The van der Waals surface area contributed by atoms with Gasteiger partial charge in [-0.15, -0.1) is 0 Å². The fourth-order valence-electron chi connectivity index (χ4n) is 3.13. The lowest BCUT2D eigenvalue weighted by Gasteiger charge is -2.08. The van der Waals surface area contributed by atoms with E-state index in [0.717, 1.165) is 38.0 Å². The Bertz CT molecular complexity index is 560. The van der Waals surface area contributed by atoms with Gasteiger partial charge in [-0.25, -0.2) is 0 Å². The van der Waals surface area contributed by atoms with Crippen LogP contribution in [0.3, 0.4) is 0 Å². The zero-order valence-corrected chi connectivity index (χ0v) is 12.0. The number of fused-ring (bicyclic) bond motifs is 3. The number of ether oxygens (including phenoxy) is 1. The van der Waals surface area contributed by atoms with Crippen molar-refractivity contribution in [3.8, 4) is 5.75 Å². The molecule has 1 aromatic carbocycles. The highest BCUT2D eigenvalue weighted by atomic mass is 16.5. The van der Waals surface area contributed by atoms with Crippen LogP contribution in [0.15, 0.2) is 18.2 Å². The van der Waals surface area contributed by atoms with Gasteiger partial charge in [-0.3, -0.25) is 4.79 Å². The van der Waals surface area contributed by atoms with Gasteiger partial charge in [0.05, 0.1) is 6.61 Å². The smallest absolute Gasteiger partial charge is 0.220 e. The van der Waals surface area contributed by atoms with Gasteiger partial charge in [0.25, 0.3) is 0 Å². The predicted molar refractivity (Wildman–Crippen MR) is 79.9 cm³/mol. The Morgan fingerprint density at radius 2 is 2.25 bits per heavy atom. The second-order valence-electron chi connectivity index (χ2n) is 5.46. The molecule has 1 aliphatic carbocycles. The minimum atomic E-state index is 0.143. The number of nitrogens with one attached hydrogen (secondary N) is 1. The fourth-order valence-corrected chi connectivity index (χ4v) is 3.13. The first-order chi connectivity index (χ1) is 9.79. The number of carbonyl (C=O) groups is 1. The van der Waals surface area contributed by atoms with Crippen molar-refractivity contribution >= 4 is 11.5 Å². The molecule has 0 unspecified atom stereocenters. The standard InChI is InChI=1S/C17H21NO2/c1-2-3-16(19)18-10-8-13-5-4-12-6-7-15-14(17(12)13)9-11-20-15/h6-8H,2-5,9-11H2,1H3,(H,18,19)/b13-8-. The Labute approximate surface area is 120 Å². The average molecular weight is 271 g/mol. The molecule has 0 atom stereocenters. The van der Waals surface area contributed by atoms with Crippen LogP contribution in [0.5, 0.6) is 5.75 Å². The number of rotatable bonds is 4. The molecule has 0 saturated heterocycles. The third kappa shape index (κ3) is 2.45. The van der Waals surface area contributed by atoms with Gasteiger partial charge in [0, 0.05) is 24.9 Å². The summed E-state index contributed by atoms with van der Waals surface area (Å²) in [6, 6.07) is 4.29. The summed E-state index contributed by atoms with van der Waals surface area (Å²) in [5.74, 6) is 1.19. The van der Waals surface area contributed by atoms with E-state index < -0.39 is 0 Å². The zero-order valence-electron chi connectivity index (χ0n) is 12.0. The van der Waals surface area contributed by atoms with Gasteiger partial charge in [-0.05, 0) is 42.0 Å². The summed E-state index contributed by atoms with van der Waals surface area (Å²) in [6.07, 6.45) is 6.89. The van der Waals surface area contributed by atoms with E-state index in [1.807, 2.05) is 6.92 Å². The maximum absolute atomic E-state index is 11.5. The molecule has 1 aromatic rings. The Kier molecular flexibility index (Phi) is 3.77. The topological polar surface area (TPSA) is 38.3 Å². The molecule has 0 fully saturated rings. The number of carbonyl (C=O) groups excluding carboxylic acids is 1. The summed E-state index contributed by atoms with van der Waals surface area (Å²) in [6.45, 7) is 3.46. The molecule has 1 amide bonds. The normalized spacial score (nSPS) is 17.8. The molecular weight excluding hydrogens is 250 g/mol. The molecule has 0 bridgehead atoms. The first kappa shape index (κ1) is 13.2. The Morgan fingerprint density at radius 1 is 1.35 bits per heavy atom. The fraction of sp³-hybridized carbons (Fsp3) is 0.471. The highest BCUT2D eigenvalue weighted by Crippen LogP contribution is 2.40. The van der Waals surface area contributed by atoms with Crippen LogP contribution in [0.1, 0.15) is 42.9 Å². The molecule has 1 heterocycles. The number of hydrogen-bond donors (Lipinski definition) is 1. The van der Waals surface area contributed by atoms with Gasteiger partial charge in [-0.2, -0.15) is 0 Å². The maximum Gasteiger partial charge on any atom is 0.220 e. The molecular formula is C17H21NO2. The lowest BCUT2D eigenvalue weighted by molar-refractivity contribution is -0.120. The number of aryl methyl sites for hydroxylation is 1. The van der Waals surface area contributed by atoms with E-state index in [1.54, 1.807) is 0 Å². The third-order valence-electron chi connectivity index (χ3n) is 4.08. The molecule has 0 spiro atoms. The van der Waals surface area contributed by atoms with E-state index >= 15 is 0 Å². The molecule has 1 aliphatic heterocycles. The van der Waals surface area contributed by atoms with Crippen molar-refractivity contribution in [3.05, 3.63) is 34.9 Å². The molecule has 1 N–H and O–H groups in total. The third-order valence-corrected chi connectivity index (χ3v) is 4.08. The van der Waals surface area contributed by atoms with Crippen LogP contribution in [-0.4, -0.2) is 19.1 Å². The molecule has 3 heteroatoms. The van der Waals surface area contributed by atoms with Crippen molar-refractivity contribution in [2.75, 3.05) is 13.2 Å². The predicted octanol–water partition coefficient (Wildman–Crippen LogP) is 2.87. The van der Waals surface area contributed by atoms with Crippen molar-refractivity contribution < 1.29 is 9.53 Å². The molecule has 3 nitrogen and oxygen atoms in total. The van der Waals surface area contributed by atoms with Crippen molar-refractivity contribution in [1.82, 2.24) is 5.32 Å². The monoisotopic (exact) mass is 271 g/mol. The molecule has 0 saturated carbocycles. The van der Waals surface area contributed by atoms with Gasteiger partial charge >= 0.3 is 0 Å². The summed E-state index contributed by atoms with van der Waals surface area (Å²) >= 11 is 0. The second kappa shape index (κ2) is 5.70. The highest BCUT2D eigenvalue weighted by Gasteiger charge is 2.25. The van der Waals surface area contributed by atoms with E-state index in [2.05, 4.69) is 23.5 Å². The van der Waals surface area contributed by atoms with Crippen LogP contribution in [-0.2, 0) is 17.6 Å². The summed E-state index contributed by atoms with van der Waals surface area (Å²) < 4.78 is 5.65. The number of amides is 1. The molecule has 0 aromatic heterocycles. The quantitative estimate of drug-likeness (QED) is 0.914. The lowest BCUT2D eigenvalue weighted by atomic mass is 9.98. The molecule has 2 aliphatic rings. The first-order valence-corrected chi connectivity index (χ1v) is 7.53. The van der Waals surface area contributed by atoms with Crippen LogP contribution in [0.4, 0.5) is 0 Å². The SMILES string of the molecule is CCCC(=O)NC/C=C1/CCc2ccc3c(c21)CCO3. The van der Waals surface area contributed by atoms with Crippen LogP contribution in [0, 0.1) is 0 Å². The van der Waals surface area contributed by atoms with Gasteiger partial charge in [0.2, 0.25) is 5.91 Å². The van der Waals surface area contributed by atoms with Gasteiger partial charge in [-0.1, -0.05) is 19.1 Å². The summed E-state index contributed by atoms with van der Waals surface area (Å²) in [7, 11) is 0. The van der Waals surface area contributed by atoms with Crippen LogP contribution >= 0.6 is 0 Å². The first-order valence-electron chi connectivity index (χ1n) is 7.53. The molecule has 106 valence electrons. The van der Waals surface area contributed by atoms with Gasteiger partial charge in [0.15, 0.2) is 0 Å². The average Bonchev–Trinajstić information content (AvgIpc) is 3.04. The van der Waals surface area contributed by atoms with Gasteiger partial charge in [0.1, 0.15) is 5.75 Å². The van der Waals surface area contributed by atoms with E-state index in [9.17, 15) is 4.79 Å². The highest BCUT2D eigenvalue weighted by molar-refractivity contribution is 5.79. The molecule has 0 radical (unpaired) electrons. The Hall–Kier alpha value is -1.77. The number of benzene rings is 1. The van der Waals surface area contributed by atoms with Gasteiger partial charge < -0.3 is 10.1 Å². The van der Waals surface area contributed by atoms with Crippen LogP contribution in [0.25, 0.3) is 5.57 Å². The summed E-state index contributed by atoms with van der Waals surface area (Å²) in [5, 5.41) is 2.96. The van der Waals surface area contributed by atoms with Crippen LogP contribution in [0.2, 0.25) is 0 Å². The lowest BCUT2D eigenvalue weighted by Crippen LogP contribution is -2.22. The summed E-state index contributed by atoms with van der Waals surface area (Å²) in [4.78, 5) is 11.5. The molecule has 20 heavy (non-hydrogen) atoms. The minimum Gasteiger partial charge on any atom is -0.493 e.